The number of primary amides is 2. The van der Waals surface area contributed by atoms with E-state index in [1.54, 1.807) is 58.0 Å². The van der Waals surface area contributed by atoms with Gasteiger partial charge < -0.3 is 111 Å². The van der Waals surface area contributed by atoms with Gasteiger partial charge in [0.2, 0.25) is 94.5 Å². The van der Waals surface area contributed by atoms with Gasteiger partial charge in [0.25, 0.3) is 0 Å². The molecule has 39 heteroatoms. The third-order valence-electron chi connectivity index (χ3n) is 18.8. The van der Waals surface area contributed by atoms with E-state index in [2.05, 4.69) is 89.1 Å². The van der Waals surface area contributed by atoms with Crippen molar-refractivity contribution in [1.29, 1.82) is 0 Å². The van der Waals surface area contributed by atoms with Gasteiger partial charge in [-0.1, -0.05) is 90.4 Å². The van der Waals surface area contributed by atoms with Crippen LogP contribution in [0.15, 0.2) is 79.6 Å². The molecular weight excluding hydrogens is 1470 g/mol. The molecule has 1 aliphatic rings. The van der Waals surface area contributed by atoms with Crippen LogP contribution >= 0.6 is 0 Å². The predicted molar refractivity (Wildman–Crippen MR) is 407 cm³/mol. The summed E-state index contributed by atoms with van der Waals surface area (Å²) in [6, 6.07) is -4.16. The van der Waals surface area contributed by atoms with Crippen molar-refractivity contribution in [3.05, 3.63) is 102 Å². The van der Waals surface area contributed by atoms with Gasteiger partial charge in [0.05, 0.1) is 43.6 Å². The molecule has 0 saturated carbocycles. The molecule has 16 amide bonds. The molecule has 2 unspecified atom stereocenters. The van der Waals surface area contributed by atoms with E-state index in [-0.39, 0.29) is 76.1 Å². The number of benzene rings is 2. The Morgan fingerprint density at radius 3 is 1.55 bits per heavy atom. The molecule has 5 rings (SSSR count). The Labute approximate surface area is 653 Å². The van der Waals surface area contributed by atoms with Crippen molar-refractivity contribution in [3.8, 4) is 5.75 Å². The number of nitrogens with zero attached hydrogens (tertiary/aromatic N) is 3. The van der Waals surface area contributed by atoms with Crippen molar-refractivity contribution in [3.63, 3.8) is 0 Å². The minimum absolute atomic E-state index is 0.0150. The SMILES string of the molecule is CCC(NC(=O)[C@H](CO)NC(=O)CNC(=O)[C@H](Cc1c[nH]cn1)NC(C)=O)C(=O)N[C@@H](CC(N)=O)C(=O)N[C@@H](Cc1ccc(O)cc1)C(=O)N[C@H](C(=O)N[C@@H](Cc1ccccc1)C(=O)N1CCC[C@H]1C(=O)N[C@@H](C)C(=O)N[C@@H](Cc1c[nH]cn1)C(=O)N[C@@H](CCCCN)C(=O)NC(CC)C(=O)N[C@H](C(N)=O)[C@@H](C)CC)C(C)C. The largest absolute Gasteiger partial charge is 0.508 e. The van der Waals surface area contributed by atoms with E-state index in [9.17, 15) is 82.1 Å². The highest BCUT2D eigenvalue weighted by Crippen LogP contribution is 2.22. The maximum Gasteiger partial charge on any atom is 0.246 e. The average molecular weight is 1580 g/mol. The lowest BCUT2D eigenvalue weighted by Gasteiger charge is -2.31. The lowest BCUT2D eigenvalue weighted by Crippen LogP contribution is -2.62. The molecule has 1 aliphatic heterocycles. The summed E-state index contributed by atoms with van der Waals surface area (Å²) in [6.07, 6.45) is 5.82. The van der Waals surface area contributed by atoms with Gasteiger partial charge in [0, 0.05) is 51.5 Å². The minimum Gasteiger partial charge on any atom is -0.508 e. The van der Waals surface area contributed by atoms with Crippen LogP contribution in [0.2, 0.25) is 0 Å². The number of likely N-dealkylation sites (tertiary alicyclic amines) is 1. The number of aromatic amines is 2. The summed E-state index contributed by atoms with van der Waals surface area (Å²) in [5, 5.41) is 53.3. The van der Waals surface area contributed by atoms with Gasteiger partial charge in [-0.2, -0.15) is 0 Å². The number of phenols is 1. The van der Waals surface area contributed by atoms with Gasteiger partial charge in [-0.25, -0.2) is 9.97 Å². The Hall–Kier alpha value is -11.9. The highest BCUT2D eigenvalue weighted by molar-refractivity contribution is 6.01. The summed E-state index contributed by atoms with van der Waals surface area (Å²) in [7, 11) is 0. The zero-order chi connectivity index (χ0) is 83.6. The number of carbonyl (C=O) groups is 16. The van der Waals surface area contributed by atoms with E-state index >= 15 is 4.79 Å². The third kappa shape index (κ3) is 29.7. The number of imidazole rings is 2. The van der Waals surface area contributed by atoms with Gasteiger partial charge >= 0.3 is 0 Å². The summed E-state index contributed by atoms with van der Waals surface area (Å²) in [5.74, 6) is -15.2. The molecule has 1 saturated heterocycles. The molecular formula is C74H109N21O18. The van der Waals surface area contributed by atoms with Crippen LogP contribution in [0.25, 0.3) is 0 Å². The molecule has 1 fully saturated rings. The number of carbonyl (C=O) groups excluding carboxylic acids is 16. The third-order valence-corrected chi connectivity index (χ3v) is 18.8. The zero-order valence-corrected chi connectivity index (χ0v) is 64.7. The fourth-order valence-corrected chi connectivity index (χ4v) is 12.2. The van der Waals surface area contributed by atoms with Gasteiger partial charge in [-0.05, 0) is 93.5 Å². The first-order valence-electron chi connectivity index (χ1n) is 37.5. The van der Waals surface area contributed by atoms with Crippen LogP contribution in [0.4, 0.5) is 0 Å². The van der Waals surface area contributed by atoms with E-state index in [1.807, 2.05) is 6.92 Å². The second-order valence-corrected chi connectivity index (χ2v) is 28.0. The summed E-state index contributed by atoms with van der Waals surface area (Å²) >= 11 is 0. The summed E-state index contributed by atoms with van der Waals surface area (Å²) < 4.78 is 0. The number of phenolic OH excluding ortho intramolecular Hbond substituents is 1. The van der Waals surface area contributed by atoms with Crippen LogP contribution in [0.3, 0.4) is 0 Å². The van der Waals surface area contributed by atoms with Crippen LogP contribution in [-0.2, 0) is 102 Å². The molecule has 14 atom stereocenters. The van der Waals surface area contributed by atoms with Gasteiger partial charge in [0.15, 0.2) is 0 Å². The molecule has 113 heavy (non-hydrogen) atoms. The topological polar surface area (TPSA) is 609 Å². The number of H-pyrrole nitrogens is 2. The fraction of sp³-hybridized carbons (Fsp3) is 0.541. The van der Waals surface area contributed by atoms with E-state index in [0.717, 1.165) is 0 Å². The van der Waals surface area contributed by atoms with Crippen molar-refractivity contribution in [1.82, 2.24) is 94.0 Å². The minimum atomic E-state index is -1.84. The Bertz CT molecular complexity index is 3890. The molecule has 618 valence electrons. The molecule has 3 heterocycles. The van der Waals surface area contributed by atoms with Crippen molar-refractivity contribution in [2.45, 2.75) is 217 Å². The average Bonchev–Trinajstić information content (AvgIpc) is 1.79. The number of nitrogens with one attached hydrogen (secondary N) is 15. The monoisotopic (exact) mass is 1580 g/mol. The van der Waals surface area contributed by atoms with Crippen molar-refractivity contribution in [2.24, 2.45) is 29.0 Å². The second-order valence-electron chi connectivity index (χ2n) is 28.0. The van der Waals surface area contributed by atoms with Crippen LogP contribution < -0.4 is 86.3 Å². The summed E-state index contributed by atoms with van der Waals surface area (Å²) in [6.45, 7) is 10.9. The standard InChI is InChI=1S/C74H109N21O18/c1-9-40(6)61(62(77)101)94-66(105)49(11-3)86-67(106)50(20-15-16-26-75)88-68(107)53(31-46-34-79-38-82-46)89-63(102)41(7)83-72(111)57-21-17-27-95(57)74(113)55(29-43-18-13-12-14-19-43)92-73(112)60(39(4)5)93-70(109)51(28-44-22-24-47(98)25-23-44)90-69(108)54(32-58(76)99)91-65(104)48(10-2)87-71(110)56(36-96)85-59(100)35-80-64(103)52(84-42(8)97)30-45-33-78-37-81-45/h12-14,18-19,22-25,33-34,37-41,48-57,60-61,96,98H,9-11,15-17,20-21,26-32,35-36,75H2,1-8H3,(H2,76,99)(H2,77,101)(H,78,81)(H,79,82)(H,80,103)(H,83,111)(H,84,97)(H,85,100)(H,86,106)(H,87,110)(H,88,107)(H,89,102)(H,90,108)(H,91,104)(H,92,112)(H,93,109)(H,94,105)/t40-,41-,48?,49?,50-,51-,52-,53-,54-,55-,56-,57-,60-,61-/m0/s1. The molecule has 0 bridgehead atoms. The highest BCUT2D eigenvalue weighted by atomic mass is 16.3. The van der Waals surface area contributed by atoms with Crippen molar-refractivity contribution in [2.75, 3.05) is 26.2 Å². The number of unbranched alkanes of at least 4 members (excludes halogenated alkanes) is 1. The van der Waals surface area contributed by atoms with Crippen molar-refractivity contribution < 1.29 is 86.9 Å². The Morgan fingerprint density at radius 2 is 1.01 bits per heavy atom. The van der Waals surface area contributed by atoms with E-state index in [1.165, 1.54) is 75.0 Å². The Morgan fingerprint density at radius 1 is 0.522 bits per heavy atom. The Balaban J connectivity index is 1.31. The highest BCUT2D eigenvalue weighted by Gasteiger charge is 2.42. The number of aliphatic hydroxyl groups excluding tert-OH is 1. The molecule has 2 aromatic heterocycles. The number of amides is 16. The summed E-state index contributed by atoms with van der Waals surface area (Å²) in [5.41, 5.74) is 18.6. The summed E-state index contributed by atoms with van der Waals surface area (Å²) in [4.78, 5) is 235. The van der Waals surface area contributed by atoms with Crippen molar-refractivity contribution >= 4 is 94.5 Å². The van der Waals surface area contributed by atoms with Crippen LogP contribution in [0, 0.1) is 11.8 Å². The normalized spacial score (nSPS) is 15.9. The van der Waals surface area contributed by atoms with Crippen LogP contribution in [0.5, 0.6) is 5.75 Å². The number of hydrogen-bond donors (Lipinski definition) is 20. The lowest BCUT2D eigenvalue weighted by atomic mass is 9.98. The predicted octanol–water partition coefficient (Wildman–Crippen LogP) is -4.92. The fourth-order valence-electron chi connectivity index (χ4n) is 12.2. The molecule has 4 aromatic rings. The molecule has 0 aliphatic carbocycles. The first-order chi connectivity index (χ1) is 53.7. The second kappa shape index (κ2) is 46.1. The smallest absolute Gasteiger partial charge is 0.246 e. The number of rotatable bonds is 47. The maximum absolute atomic E-state index is 15.1. The van der Waals surface area contributed by atoms with E-state index in [0.29, 0.717) is 48.2 Å². The Kier molecular flexibility index (Phi) is 37.4. The zero-order valence-electron chi connectivity index (χ0n) is 64.7. The van der Waals surface area contributed by atoms with E-state index in [4.69, 9.17) is 17.2 Å². The molecule has 0 spiro atoms. The van der Waals surface area contributed by atoms with Crippen LogP contribution in [0.1, 0.15) is 136 Å². The van der Waals surface area contributed by atoms with Gasteiger partial charge in [0.1, 0.15) is 84.3 Å². The number of aromatic hydroxyl groups is 1. The van der Waals surface area contributed by atoms with Crippen LogP contribution in [-0.4, -0.2) is 234 Å². The first kappa shape index (κ1) is 91.7. The maximum atomic E-state index is 15.1. The quantitative estimate of drug-likeness (QED) is 0.0184. The molecule has 23 N–H and O–H groups in total. The number of nitrogens with two attached hydrogens (primary N) is 3. The molecule has 2 aromatic carbocycles. The van der Waals surface area contributed by atoms with E-state index < -0.39 is 199 Å². The number of aromatic nitrogens is 4. The first-order valence-corrected chi connectivity index (χ1v) is 37.5. The number of hydrogen-bond acceptors (Lipinski definition) is 21. The van der Waals surface area contributed by atoms with Gasteiger partial charge in [-0.3, -0.25) is 76.7 Å². The van der Waals surface area contributed by atoms with Gasteiger partial charge in [-0.15, -0.1) is 0 Å². The molecule has 0 radical (unpaired) electrons. The molecule has 39 nitrogen and oxygen atoms in total. The number of aliphatic hydroxyl groups is 1. The lowest BCUT2D eigenvalue weighted by molar-refractivity contribution is -0.142.